The summed E-state index contributed by atoms with van der Waals surface area (Å²) in [5.41, 5.74) is -1.42. The van der Waals surface area contributed by atoms with Crippen LogP contribution in [0.25, 0.3) is 0 Å². The lowest BCUT2D eigenvalue weighted by Crippen LogP contribution is -2.60. The molecule has 4 heteroatoms. The molecule has 1 aliphatic rings. The van der Waals surface area contributed by atoms with Crippen LogP contribution in [0, 0.1) is 0 Å². The Morgan fingerprint density at radius 1 is 1.47 bits per heavy atom. The summed E-state index contributed by atoms with van der Waals surface area (Å²) in [4.78, 5) is 21.7. The van der Waals surface area contributed by atoms with Crippen LogP contribution < -0.4 is 0 Å². The molecule has 0 amide bonds. The minimum Gasteiger partial charge on any atom is -0.458 e. The number of carbonyl (C=O) groups excluding carboxylic acids is 1. The standard InChI is InChI=1S/C11H20O4/c1-6-7-8-11(5,15-14-8)9(12)13-10(2,3)4/h8H,6-7H2,1-5H3. The third-order valence-electron chi connectivity index (χ3n) is 2.31. The van der Waals surface area contributed by atoms with Gasteiger partial charge in [-0.3, -0.25) is 0 Å². The minimum absolute atomic E-state index is 0.183. The Labute approximate surface area is 90.8 Å². The van der Waals surface area contributed by atoms with Gasteiger partial charge in [-0.25, -0.2) is 14.6 Å². The third-order valence-corrected chi connectivity index (χ3v) is 2.31. The monoisotopic (exact) mass is 216 g/mol. The predicted molar refractivity (Wildman–Crippen MR) is 55.1 cm³/mol. The molecule has 0 N–H and O–H groups in total. The van der Waals surface area contributed by atoms with E-state index in [1.54, 1.807) is 6.92 Å². The Hall–Kier alpha value is -0.610. The average Bonchev–Trinajstić information content (AvgIpc) is 2.08. The van der Waals surface area contributed by atoms with Gasteiger partial charge in [0, 0.05) is 0 Å². The Bertz CT molecular complexity index is 243. The van der Waals surface area contributed by atoms with E-state index in [0.29, 0.717) is 0 Å². The van der Waals surface area contributed by atoms with E-state index in [0.717, 1.165) is 12.8 Å². The van der Waals surface area contributed by atoms with Gasteiger partial charge < -0.3 is 4.74 Å². The first-order valence-corrected chi connectivity index (χ1v) is 5.37. The molecule has 2 unspecified atom stereocenters. The van der Waals surface area contributed by atoms with Crippen LogP contribution in [0.3, 0.4) is 0 Å². The maximum absolute atomic E-state index is 11.8. The Morgan fingerprint density at radius 3 is 2.40 bits per heavy atom. The van der Waals surface area contributed by atoms with Crippen molar-refractivity contribution in [3.63, 3.8) is 0 Å². The SMILES string of the molecule is CCCC1OOC1(C)C(=O)OC(C)(C)C. The smallest absolute Gasteiger partial charge is 0.344 e. The Morgan fingerprint density at radius 2 is 2.07 bits per heavy atom. The fourth-order valence-electron chi connectivity index (χ4n) is 1.39. The van der Waals surface area contributed by atoms with E-state index < -0.39 is 11.2 Å². The summed E-state index contributed by atoms with van der Waals surface area (Å²) < 4.78 is 5.28. The first-order valence-electron chi connectivity index (χ1n) is 5.37. The van der Waals surface area contributed by atoms with Crippen molar-refractivity contribution in [2.75, 3.05) is 0 Å². The maximum Gasteiger partial charge on any atom is 0.344 e. The van der Waals surface area contributed by atoms with E-state index in [9.17, 15) is 4.79 Å². The first kappa shape index (κ1) is 12.5. The van der Waals surface area contributed by atoms with E-state index >= 15 is 0 Å². The van der Waals surface area contributed by atoms with Gasteiger partial charge in [-0.15, -0.1) is 0 Å². The van der Waals surface area contributed by atoms with Crippen molar-refractivity contribution in [1.82, 2.24) is 0 Å². The van der Waals surface area contributed by atoms with Crippen molar-refractivity contribution in [2.45, 2.75) is 64.8 Å². The van der Waals surface area contributed by atoms with Crippen molar-refractivity contribution < 1.29 is 19.3 Å². The molecule has 1 fully saturated rings. The molecule has 4 nitrogen and oxygen atoms in total. The second-order valence-corrected chi connectivity index (χ2v) is 5.07. The van der Waals surface area contributed by atoms with Crippen molar-refractivity contribution in [3.05, 3.63) is 0 Å². The molecule has 1 aliphatic heterocycles. The zero-order chi connectivity index (χ0) is 11.7. The molecular formula is C11H20O4. The van der Waals surface area contributed by atoms with Crippen molar-refractivity contribution in [3.8, 4) is 0 Å². The van der Waals surface area contributed by atoms with E-state index in [4.69, 9.17) is 14.5 Å². The molecular weight excluding hydrogens is 196 g/mol. The number of rotatable bonds is 3. The van der Waals surface area contributed by atoms with Gasteiger partial charge in [0.25, 0.3) is 0 Å². The molecule has 0 saturated carbocycles. The summed E-state index contributed by atoms with van der Waals surface area (Å²) in [7, 11) is 0. The third kappa shape index (κ3) is 2.69. The molecule has 0 aromatic rings. The molecule has 88 valence electrons. The van der Waals surface area contributed by atoms with Gasteiger partial charge in [0.15, 0.2) is 0 Å². The highest BCUT2D eigenvalue weighted by atomic mass is 17.3. The Kier molecular flexibility index (Phi) is 3.41. The fraction of sp³-hybridized carbons (Fsp3) is 0.909. The summed E-state index contributed by atoms with van der Waals surface area (Å²) in [6.07, 6.45) is 1.57. The second kappa shape index (κ2) is 4.10. The number of esters is 1. The van der Waals surface area contributed by atoms with Gasteiger partial charge in [-0.05, 0) is 34.1 Å². The number of hydrogen-bond acceptors (Lipinski definition) is 4. The van der Waals surface area contributed by atoms with Crippen LogP contribution >= 0.6 is 0 Å². The van der Waals surface area contributed by atoms with Crippen molar-refractivity contribution in [2.24, 2.45) is 0 Å². The van der Waals surface area contributed by atoms with E-state index in [-0.39, 0.29) is 12.1 Å². The van der Waals surface area contributed by atoms with Crippen LogP contribution in [0.2, 0.25) is 0 Å². The first-order chi connectivity index (χ1) is 6.79. The summed E-state index contributed by atoms with van der Waals surface area (Å²) >= 11 is 0. The zero-order valence-electron chi connectivity index (χ0n) is 10.1. The van der Waals surface area contributed by atoms with Gasteiger partial charge in [0.2, 0.25) is 5.60 Å². The molecule has 1 rings (SSSR count). The summed E-state index contributed by atoms with van der Waals surface area (Å²) in [6.45, 7) is 9.26. The molecule has 2 atom stereocenters. The zero-order valence-corrected chi connectivity index (χ0v) is 10.1. The molecule has 0 aromatic carbocycles. The predicted octanol–water partition coefficient (Wildman–Crippen LogP) is 2.22. The lowest BCUT2D eigenvalue weighted by Gasteiger charge is -2.43. The van der Waals surface area contributed by atoms with Gasteiger partial charge in [0.1, 0.15) is 11.7 Å². The van der Waals surface area contributed by atoms with Gasteiger partial charge in [-0.2, -0.15) is 0 Å². The van der Waals surface area contributed by atoms with Gasteiger partial charge in [-0.1, -0.05) is 13.3 Å². The molecule has 15 heavy (non-hydrogen) atoms. The highest BCUT2D eigenvalue weighted by Gasteiger charge is 2.55. The van der Waals surface area contributed by atoms with E-state index in [1.165, 1.54) is 0 Å². The second-order valence-electron chi connectivity index (χ2n) is 5.07. The van der Waals surface area contributed by atoms with Gasteiger partial charge >= 0.3 is 5.97 Å². The van der Waals surface area contributed by atoms with Crippen molar-refractivity contribution in [1.29, 1.82) is 0 Å². The quantitative estimate of drug-likeness (QED) is 0.536. The van der Waals surface area contributed by atoms with E-state index in [1.807, 2.05) is 27.7 Å². The normalized spacial score (nSPS) is 30.9. The number of carbonyl (C=O) groups is 1. The lowest BCUT2D eigenvalue weighted by molar-refractivity contribution is -0.494. The highest BCUT2D eigenvalue weighted by Crippen LogP contribution is 2.35. The van der Waals surface area contributed by atoms with Crippen molar-refractivity contribution >= 4 is 5.97 Å². The van der Waals surface area contributed by atoms with Crippen LogP contribution in [-0.2, 0) is 19.3 Å². The van der Waals surface area contributed by atoms with Crippen LogP contribution in [0.5, 0.6) is 0 Å². The molecule has 1 saturated heterocycles. The summed E-state index contributed by atoms with van der Waals surface area (Å²) in [6, 6.07) is 0. The minimum atomic E-state index is -0.927. The molecule has 1 heterocycles. The topological polar surface area (TPSA) is 44.8 Å². The Balaban J connectivity index is 2.58. The van der Waals surface area contributed by atoms with Crippen LogP contribution in [0.4, 0.5) is 0 Å². The summed E-state index contributed by atoms with van der Waals surface area (Å²) in [5.74, 6) is -0.347. The van der Waals surface area contributed by atoms with Gasteiger partial charge in [0.05, 0.1) is 0 Å². The number of hydrogen-bond donors (Lipinski definition) is 0. The average molecular weight is 216 g/mol. The van der Waals surface area contributed by atoms with Crippen LogP contribution in [0.1, 0.15) is 47.5 Å². The largest absolute Gasteiger partial charge is 0.458 e. The molecule has 0 aliphatic carbocycles. The summed E-state index contributed by atoms with van der Waals surface area (Å²) in [5, 5.41) is 0. The molecule has 0 spiro atoms. The molecule has 0 aromatic heterocycles. The molecule has 0 bridgehead atoms. The number of ether oxygens (including phenoxy) is 1. The van der Waals surface area contributed by atoms with E-state index in [2.05, 4.69) is 0 Å². The van der Waals surface area contributed by atoms with Crippen LogP contribution in [0.15, 0.2) is 0 Å². The fourth-order valence-corrected chi connectivity index (χ4v) is 1.39. The highest BCUT2D eigenvalue weighted by molar-refractivity contribution is 5.80. The lowest BCUT2D eigenvalue weighted by atomic mass is 9.93. The van der Waals surface area contributed by atoms with Crippen LogP contribution in [-0.4, -0.2) is 23.3 Å². The maximum atomic E-state index is 11.8. The molecule has 0 radical (unpaired) electrons.